The lowest BCUT2D eigenvalue weighted by Gasteiger charge is -2.61. The fourth-order valence-corrected chi connectivity index (χ4v) is 9.25. The summed E-state index contributed by atoms with van der Waals surface area (Å²) in [7, 11) is 0. The molecule has 0 unspecified atom stereocenters. The summed E-state index contributed by atoms with van der Waals surface area (Å²) < 4.78 is 0. The fraction of sp³-hybridized carbons (Fsp3) is 0.923. The lowest BCUT2D eigenvalue weighted by molar-refractivity contribution is -0.194. The summed E-state index contributed by atoms with van der Waals surface area (Å²) in [6.07, 6.45) is 13.1. The summed E-state index contributed by atoms with van der Waals surface area (Å²) in [4.78, 5) is 22.9. The molecule has 0 aliphatic heterocycles. The van der Waals surface area contributed by atoms with Crippen molar-refractivity contribution in [2.75, 3.05) is 6.54 Å². The summed E-state index contributed by atoms with van der Waals surface area (Å²) >= 11 is 0. The molecule has 0 aromatic heterocycles. The van der Waals surface area contributed by atoms with Gasteiger partial charge in [0.15, 0.2) is 0 Å². The van der Waals surface area contributed by atoms with Crippen LogP contribution in [0.1, 0.15) is 91.4 Å². The van der Waals surface area contributed by atoms with Gasteiger partial charge in [0.1, 0.15) is 6.54 Å². The van der Waals surface area contributed by atoms with E-state index >= 15 is 0 Å². The van der Waals surface area contributed by atoms with E-state index < -0.39 is 24.2 Å². The predicted octanol–water partition coefficient (Wildman–Crippen LogP) is 3.94. The molecule has 0 saturated heterocycles. The van der Waals surface area contributed by atoms with E-state index in [9.17, 15) is 19.8 Å². The number of carbonyl (C=O) groups excluding carboxylic acids is 1. The van der Waals surface area contributed by atoms with E-state index in [0.29, 0.717) is 17.3 Å². The van der Waals surface area contributed by atoms with Crippen molar-refractivity contribution in [1.82, 2.24) is 5.32 Å². The Morgan fingerprint density at radius 2 is 1.69 bits per heavy atom. The number of carboxylic acids is 1. The number of fused-ring (bicyclic) bond motifs is 5. The highest BCUT2D eigenvalue weighted by Gasteiger charge is 2.60. The predicted molar refractivity (Wildman–Crippen MR) is 121 cm³/mol. The van der Waals surface area contributed by atoms with Crippen molar-refractivity contribution in [3.8, 4) is 0 Å². The van der Waals surface area contributed by atoms with Gasteiger partial charge in [0.05, 0.1) is 0 Å². The van der Waals surface area contributed by atoms with E-state index in [0.717, 1.165) is 24.2 Å². The molecule has 8 atom stereocenters. The van der Waals surface area contributed by atoms with E-state index in [2.05, 4.69) is 19.2 Å². The first-order valence-electron chi connectivity index (χ1n) is 12.9. The Kier molecular flexibility index (Phi) is 6.43. The largest absolute Gasteiger partial charge is 0.480 e. The summed E-state index contributed by atoms with van der Waals surface area (Å²) in [6.45, 7) is 6.45. The van der Waals surface area contributed by atoms with Crippen LogP contribution < -0.4 is 5.32 Å². The monoisotopic (exact) mass is 449 g/mol. The van der Waals surface area contributed by atoms with Crippen molar-refractivity contribution in [3.05, 3.63) is 0 Å². The number of aliphatic carboxylic acids is 1. The minimum absolute atomic E-state index is 0.0197. The molecule has 4 N–H and O–H groups in total. The van der Waals surface area contributed by atoms with Crippen molar-refractivity contribution in [3.63, 3.8) is 0 Å². The molecule has 4 saturated carbocycles. The first-order valence-corrected chi connectivity index (χ1v) is 12.9. The standard InChI is InChI=1S/C26H43NO5/c1-16(14-26(31,32)23(30)27-15-22(28)29)19-9-10-20-18-8-7-17-6-4-5-12-24(17,2)21(18)11-13-25(19,20)3/h16-21,31-32H,4-15H2,1-3H3,(H,27,30)(H,28,29)/t16-,17+,18+,19-,20+,21+,24+,25-/m1/s1. The van der Waals surface area contributed by atoms with E-state index in [4.69, 9.17) is 5.11 Å². The highest BCUT2D eigenvalue weighted by molar-refractivity contribution is 5.86. The number of hydrogen-bond donors (Lipinski definition) is 4. The third-order valence-corrected chi connectivity index (χ3v) is 10.7. The van der Waals surface area contributed by atoms with Gasteiger partial charge in [0.25, 0.3) is 5.91 Å². The van der Waals surface area contributed by atoms with Crippen molar-refractivity contribution in [1.29, 1.82) is 0 Å². The highest BCUT2D eigenvalue weighted by atomic mass is 16.5. The maximum absolute atomic E-state index is 12.2. The molecule has 1 amide bonds. The zero-order chi connectivity index (χ0) is 23.3. The van der Waals surface area contributed by atoms with Crippen LogP contribution >= 0.6 is 0 Å². The first kappa shape index (κ1) is 24.0. The number of hydrogen-bond acceptors (Lipinski definition) is 4. The molecule has 32 heavy (non-hydrogen) atoms. The highest BCUT2D eigenvalue weighted by Crippen LogP contribution is 2.68. The Labute approximate surface area is 192 Å². The smallest absolute Gasteiger partial charge is 0.322 e. The minimum atomic E-state index is -2.53. The number of carbonyl (C=O) groups is 2. The molecule has 0 heterocycles. The van der Waals surface area contributed by atoms with Crippen LogP contribution in [0.4, 0.5) is 0 Å². The molecule has 4 rings (SSSR count). The van der Waals surface area contributed by atoms with Gasteiger partial charge in [-0.15, -0.1) is 0 Å². The number of aliphatic hydroxyl groups is 2. The molecule has 0 bridgehead atoms. The number of amides is 1. The van der Waals surface area contributed by atoms with Gasteiger partial charge in [-0.3, -0.25) is 9.59 Å². The molecule has 6 heteroatoms. The van der Waals surface area contributed by atoms with Gasteiger partial charge < -0.3 is 20.6 Å². The minimum Gasteiger partial charge on any atom is -0.480 e. The van der Waals surface area contributed by atoms with Crippen LogP contribution in [-0.2, 0) is 9.59 Å². The summed E-state index contributed by atoms with van der Waals surface area (Å²) in [5.74, 6) is -1.18. The lowest BCUT2D eigenvalue weighted by atomic mass is 9.44. The molecule has 6 nitrogen and oxygen atoms in total. The summed E-state index contributed by atoms with van der Waals surface area (Å²) in [5, 5.41) is 31.7. The average molecular weight is 450 g/mol. The normalized spacial score (nSPS) is 42.3. The number of carboxylic acid groups (broad SMARTS) is 1. The topological polar surface area (TPSA) is 107 Å². The van der Waals surface area contributed by atoms with Crippen LogP contribution in [-0.4, -0.2) is 39.5 Å². The Morgan fingerprint density at radius 3 is 2.41 bits per heavy atom. The Hall–Kier alpha value is -1.14. The fourth-order valence-electron chi connectivity index (χ4n) is 9.25. The van der Waals surface area contributed by atoms with Crippen LogP contribution in [0.25, 0.3) is 0 Å². The average Bonchev–Trinajstić information content (AvgIpc) is 3.08. The van der Waals surface area contributed by atoms with Gasteiger partial charge in [-0.05, 0) is 97.7 Å². The summed E-state index contributed by atoms with van der Waals surface area (Å²) in [5.41, 5.74) is 0.700. The van der Waals surface area contributed by atoms with Gasteiger partial charge in [-0.2, -0.15) is 0 Å². The quantitative estimate of drug-likeness (QED) is 0.460. The second kappa shape index (κ2) is 8.57. The van der Waals surface area contributed by atoms with Crippen LogP contribution in [0.15, 0.2) is 0 Å². The van der Waals surface area contributed by atoms with Gasteiger partial charge in [-0.25, -0.2) is 0 Å². The van der Waals surface area contributed by atoms with Crippen LogP contribution in [0.2, 0.25) is 0 Å². The van der Waals surface area contributed by atoms with Crippen molar-refractivity contribution < 1.29 is 24.9 Å². The van der Waals surface area contributed by atoms with Crippen molar-refractivity contribution in [2.45, 2.75) is 97.2 Å². The van der Waals surface area contributed by atoms with Gasteiger partial charge in [0.2, 0.25) is 5.79 Å². The number of nitrogens with one attached hydrogen (secondary N) is 1. The summed E-state index contributed by atoms with van der Waals surface area (Å²) in [6, 6.07) is 0. The van der Waals surface area contributed by atoms with E-state index in [1.807, 2.05) is 6.92 Å². The molecule has 0 aromatic rings. The third-order valence-electron chi connectivity index (χ3n) is 10.7. The SMILES string of the molecule is C[C@H](CC(O)(O)C(=O)NCC(=O)O)[C@H]1CC[C@H]2[C@@H]3CC[C@@H]4CCCC[C@]4(C)[C@H]3CC[C@]12C. The van der Waals surface area contributed by atoms with Gasteiger partial charge in [0, 0.05) is 6.42 Å². The Balaban J connectivity index is 1.45. The second-order valence-corrected chi connectivity index (χ2v) is 12.2. The molecule has 0 aromatic carbocycles. The molecule has 0 radical (unpaired) electrons. The number of rotatable bonds is 6. The lowest BCUT2D eigenvalue weighted by Crippen LogP contribution is -2.53. The molecule has 4 aliphatic rings. The zero-order valence-corrected chi connectivity index (χ0v) is 20.1. The maximum atomic E-state index is 12.2. The molecule has 0 spiro atoms. The molecule has 4 fully saturated rings. The van der Waals surface area contributed by atoms with E-state index in [1.54, 1.807) is 0 Å². The first-order chi connectivity index (χ1) is 15.0. The Bertz CT molecular complexity index is 738. The van der Waals surface area contributed by atoms with Crippen molar-refractivity contribution in [2.24, 2.45) is 46.3 Å². The van der Waals surface area contributed by atoms with E-state index in [1.165, 1.54) is 57.8 Å². The Morgan fingerprint density at radius 1 is 0.969 bits per heavy atom. The van der Waals surface area contributed by atoms with Crippen molar-refractivity contribution >= 4 is 11.9 Å². The molecular formula is C26H43NO5. The van der Waals surface area contributed by atoms with Crippen LogP contribution in [0.3, 0.4) is 0 Å². The second-order valence-electron chi connectivity index (χ2n) is 12.2. The van der Waals surface area contributed by atoms with E-state index in [-0.39, 0.29) is 17.8 Å². The molecule has 4 aliphatic carbocycles. The zero-order valence-electron chi connectivity index (χ0n) is 20.1. The van der Waals surface area contributed by atoms with Crippen LogP contribution in [0.5, 0.6) is 0 Å². The molecule has 182 valence electrons. The third kappa shape index (κ3) is 4.00. The van der Waals surface area contributed by atoms with Gasteiger partial charge >= 0.3 is 5.97 Å². The van der Waals surface area contributed by atoms with Crippen LogP contribution in [0, 0.1) is 46.3 Å². The maximum Gasteiger partial charge on any atom is 0.322 e. The molecular weight excluding hydrogens is 406 g/mol. The van der Waals surface area contributed by atoms with Gasteiger partial charge in [-0.1, -0.05) is 33.6 Å².